The van der Waals surface area contributed by atoms with Crippen LogP contribution in [0.15, 0.2) is 57.4 Å². The van der Waals surface area contributed by atoms with Gasteiger partial charge in [0.15, 0.2) is 57.8 Å². The van der Waals surface area contributed by atoms with Crippen LogP contribution in [0.4, 0.5) is 46.8 Å². The summed E-state index contributed by atoms with van der Waals surface area (Å²) in [5, 5.41) is -0.916. The molecule has 0 amide bonds. The minimum absolute atomic E-state index is 0.0338. The molecule has 0 radical (unpaired) electrons. The van der Waals surface area contributed by atoms with Crippen molar-refractivity contribution in [1.29, 1.82) is 0 Å². The predicted molar refractivity (Wildman–Crippen MR) is 172 cm³/mol. The van der Waals surface area contributed by atoms with Crippen molar-refractivity contribution >= 4 is 96.8 Å². The van der Waals surface area contributed by atoms with Gasteiger partial charge >= 0.3 is 6.75 Å². The zero-order valence-electron chi connectivity index (χ0n) is 23.0. The van der Waals surface area contributed by atoms with Gasteiger partial charge < -0.3 is 18.1 Å². The molecule has 6 aromatic rings. The Hall–Kier alpha value is -4.34. The van der Waals surface area contributed by atoms with Gasteiger partial charge in [0.05, 0.1) is 16.5 Å². The lowest BCUT2D eigenvalue weighted by molar-refractivity contribution is -0.291. The van der Waals surface area contributed by atoms with E-state index in [4.69, 9.17) is 4.65 Å². The lowest BCUT2D eigenvalue weighted by Gasteiger charge is -2.47. The minimum atomic E-state index is -3.44. The fourth-order valence-electron chi connectivity index (χ4n) is 7.17. The first-order valence-corrected chi connectivity index (χ1v) is 16.0. The van der Waals surface area contributed by atoms with Crippen LogP contribution in [-0.2, 0) is 0 Å². The number of rotatable bonds is 2. The molecule has 0 bridgehead atoms. The number of fused-ring (bicyclic) bond motifs is 9. The summed E-state index contributed by atoms with van der Waals surface area (Å²) in [5.74, 6) is -17.9. The van der Waals surface area contributed by atoms with E-state index < -0.39 is 98.5 Å². The number of aliphatic imine (C=N–C) groups is 1. The first-order chi connectivity index (χ1) is 23.0. The van der Waals surface area contributed by atoms with Gasteiger partial charge in [0.2, 0.25) is 11.7 Å². The summed E-state index contributed by atoms with van der Waals surface area (Å²) in [5.41, 5.74) is -1.64. The average molecular weight is 884 g/mol. The molecule has 0 saturated carbocycles. The predicted octanol–water partition coefficient (Wildman–Crippen LogP) is 6.59. The number of aromatic nitrogens is 2. The van der Waals surface area contributed by atoms with Crippen molar-refractivity contribution in [3.63, 3.8) is 0 Å². The smallest absolute Gasteiger partial charge is 0.568 e. The van der Waals surface area contributed by atoms with Gasteiger partial charge in [-0.15, -0.1) is 0 Å². The van der Waals surface area contributed by atoms with E-state index in [0.717, 1.165) is 16.1 Å². The van der Waals surface area contributed by atoms with E-state index >= 15 is 17.6 Å². The second kappa shape index (κ2) is 9.01. The second-order valence-electron chi connectivity index (χ2n) is 11.3. The molecule has 236 valence electrons. The molecule has 0 aliphatic carbocycles. The monoisotopic (exact) mass is 884 g/mol. The standard InChI is InChI=1S/C30H7BF8I2N6O/c32-17-13-15(19(34)23(38)21(17)36)29-44-30-16-14(18(33)22(37)24(39)20(16)35)28-43-26-10-7-12(41)11(40)6-9(10)25-42-27(13)46(29)31(45(25)26,47(28)30)48-8-4-2-1-3-5-8/h1-7H. The molecular formula is C30H7BF8I2N6O. The van der Waals surface area contributed by atoms with Gasteiger partial charge in [-0.3, -0.25) is 0 Å². The molecule has 1 atom stereocenters. The molecule has 2 aromatic heterocycles. The fourth-order valence-corrected chi connectivity index (χ4v) is 8.11. The van der Waals surface area contributed by atoms with Crippen LogP contribution in [0.2, 0.25) is 0 Å². The highest BCUT2D eigenvalue weighted by Crippen LogP contribution is 2.50. The summed E-state index contributed by atoms with van der Waals surface area (Å²) >= 11 is 4.14. The van der Waals surface area contributed by atoms with Gasteiger partial charge in [-0.05, 0) is 69.4 Å². The Morgan fingerprint density at radius 3 is 1.73 bits per heavy atom. The van der Waals surface area contributed by atoms with E-state index in [-0.39, 0.29) is 16.7 Å². The largest absolute Gasteiger partial charge is 0.648 e. The summed E-state index contributed by atoms with van der Waals surface area (Å²) in [7, 11) is 0. The third-order valence-corrected chi connectivity index (χ3v) is 11.8. The molecule has 0 spiro atoms. The lowest BCUT2D eigenvalue weighted by Crippen LogP contribution is -2.75. The minimum Gasteiger partial charge on any atom is -0.648 e. The van der Waals surface area contributed by atoms with E-state index in [0.29, 0.717) is 10.8 Å². The third kappa shape index (κ3) is 3.04. The molecule has 0 fully saturated rings. The number of nitrogens with zero attached hydrogens (tertiary/aromatic N) is 6. The third-order valence-electron chi connectivity index (χ3n) is 9.02. The van der Waals surface area contributed by atoms with Crippen molar-refractivity contribution in [2.75, 3.05) is 0 Å². The summed E-state index contributed by atoms with van der Waals surface area (Å²) in [6.07, 6.45) is 0. The van der Waals surface area contributed by atoms with E-state index in [2.05, 4.69) is 60.2 Å². The van der Waals surface area contributed by atoms with Crippen LogP contribution >= 0.6 is 45.2 Å². The highest BCUT2D eigenvalue weighted by atomic mass is 127. The quantitative estimate of drug-likeness (QED) is 0.0638. The van der Waals surface area contributed by atoms with Crippen LogP contribution in [0.25, 0.3) is 21.5 Å². The molecule has 10 rings (SSSR count). The van der Waals surface area contributed by atoms with E-state index in [9.17, 15) is 17.6 Å². The fraction of sp³-hybridized carbons (Fsp3) is 0. The average Bonchev–Trinajstić information content (AvgIpc) is 3.70. The lowest BCUT2D eigenvalue weighted by atomic mass is 9.75. The number of amidine groups is 2. The van der Waals surface area contributed by atoms with Gasteiger partial charge in [-0.25, -0.2) is 40.1 Å². The Morgan fingerprint density at radius 2 is 1.12 bits per heavy atom. The zero-order valence-corrected chi connectivity index (χ0v) is 27.3. The molecule has 18 heteroatoms. The second-order valence-corrected chi connectivity index (χ2v) is 13.6. The van der Waals surface area contributed by atoms with Crippen LogP contribution in [0, 0.1) is 53.7 Å². The maximum atomic E-state index is 15.9. The number of hydrogen-bond acceptors (Lipinski definition) is 4. The number of benzene rings is 4. The molecule has 4 aliphatic rings. The van der Waals surface area contributed by atoms with Crippen LogP contribution in [0.1, 0.15) is 11.1 Å². The van der Waals surface area contributed by atoms with Crippen LogP contribution in [0.5, 0.6) is 5.75 Å². The highest BCUT2D eigenvalue weighted by Gasteiger charge is 2.61. The summed E-state index contributed by atoms with van der Waals surface area (Å²) < 4.78 is 135. The van der Waals surface area contributed by atoms with Crippen molar-refractivity contribution in [2.45, 2.75) is 0 Å². The maximum Gasteiger partial charge on any atom is 0.568 e. The SMILES string of the molecule is Fc1c(F)c(F)c2c(c1F)C1=Nc3c4c(F)c(F)c(F)c(F)c4c4n3[B-]3(Oc5ccccc5)n5c(c6cc(I)c(I)cc6c5=N4)=NC2=[N+]13. The molecule has 1 unspecified atom stereocenters. The molecule has 0 N–H and O–H groups in total. The molecule has 0 saturated heterocycles. The van der Waals surface area contributed by atoms with Crippen molar-refractivity contribution in [3.05, 3.63) is 118 Å². The van der Waals surface area contributed by atoms with Crippen molar-refractivity contribution in [2.24, 2.45) is 15.0 Å². The highest BCUT2D eigenvalue weighted by molar-refractivity contribution is 14.1. The van der Waals surface area contributed by atoms with Gasteiger partial charge in [0.25, 0.3) is 0 Å². The first kappa shape index (κ1) is 28.7. The van der Waals surface area contributed by atoms with Gasteiger partial charge in [0.1, 0.15) is 22.4 Å². The van der Waals surface area contributed by atoms with Crippen LogP contribution in [0.3, 0.4) is 0 Å². The molecule has 48 heavy (non-hydrogen) atoms. The molecule has 4 aromatic carbocycles. The van der Waals surface area contributed by atoms with E-state index in [1.54, 1.807) is 30.3 Å². The Morgan fingerprint density at radius 1 is 0.604 bits per heavy atom. The Balaban J connectivity index is 1.55. The van der Waals surface area contributed by atoms with Crippen molar-refractivity contribution in [3.8, 4) is 5.75 Å². The van der Waals surface area contributed by atoms with Gasteiger partial charge in [-0.1, -0.05) is 28.2 Å². The Bertz CT molecular complexity index is 2840. The van der Waals surface area contributed by atoms with Gasteiger partial charge in [-0.2, -0.15) is 0 Å². The molecule has 6 heterocycles. The first-order valence-electron chi connectivity index (χ1n) is 13.9. The normalized spacial score (nSPS) is 17.8. The molecule has 4 aliphatic heterocycles. The van der Waals surface area contributed by atoms with Crippen molar-refractivity contribution < 1.29 is 44.3 Å². The summed E-state index contributed by atoms with van der Waals surface area (Å²) in [6, 6.07) is 11.4. The zero-order chi connectivity index (χ0) is 33.3. The number of halogens is 10. The topological polar surface area (TPSA) is 59.2 Å². The summed E-state index contributed by atoms with van der Waals surface area (Å²) in [4.78, 5) is 13.6. The summed E-state index contributed by atoms with van der Waals surface area (Å²) in [6.45, 7) is -3.44. The maximum absolute atomic E-state index is 15.9. The molecule has 7 nitrogen and oxygen atoms in total. The Kier molecular flexibility index (Phi) is 5.38. The molecular weight excluding hydrogens is 877 g/mol. The Labute approximate surface area is 287 Å². The van der Waals surface area contributed by atoms with Crippen molar-refractivity contribution in [1.82, 2.24) is 8.96 Å². The van der Waals surface area contributed by atoms with Crippen LogP contribution in [-0.4, -0.2) is 31.9 Å². The van der Waals surface area contributed by atoms with E-state index in [1.165, 1.54) is 16.6 Å². The van der Waals surface area contributed by atoms with Gasteiger partial charge in [0, 0.05) is 17.9 Å². The van der Waals surface area contributed by atoms with E-state index in [1.807, 2.05) is 0 Å². The number of para-hydroxylation sites is 1. The van der Waals surface area contributed by atoms with Crippen LogP contribution < -0.4 is 15.6 Å². The number of hydrogen-bond donors (Lipinski definition) is 0.